The number of likely N-dealkylation sites (tertiary alicyclic amines) is 1. The number of anilines is 1. The number of carbonyl (C=O) groups is 2. The molecule has 0 bridgehead atoms. The Labute approximate surface area is 210 Å². The summed E-state index contributed by atoms with van der Waals surface area (Å²) in [4.78, 5) is 35.6. The van der Waals surface area contributed by atoms with E-state index in [9.17, 15) is 22.8 Å². The van der Waals surface area contributed by atoms with Crippen LogP contribution in [0.1, 0.15) is 48.0 Å². The summed E-state index contributed by atoms with van der Waals surface area (Å²) < 4.78 is 47.4. The van der Waals surface area contributed by atoms with E-state index in [1.54, 1.807) is 4.90 Å². The standard InChI is InChI=1S/C24H26F3N7O3/c1-37-22-16(21(35)32-15-6-7-33(11-15)23(36)13-4-2-3-5-13)8-14(10-29-22)18-9-17(24(25,26)27)19-20(28)30-12-31-34(18)19/h8-10,12-13,15H,2-7,11H2,1H3,(H,32,35)(H2,28,30,31)/t15-/m0/s1. The zero-order valence-corrected chi connectivity index (χ0v) is 20.1. The van der Waals surface area contributed by atoms with Gasteiger partial charge in [0.25, 0.3) is 5.91 Å². The topological polar surface area (TPSA) is 128 Å². The van der Waals surface area contributed by atoms with Gasteiger partial charge in [0.1, 0.15) is 17.4 Å². The normalized spacial score (nSPS) is 18.5. The van der Waals surface area contributed by atoms with Crippen LogP contribution in [0, 0.1) is 5.92 Å². The molecule has 0 radical (unpaired) electrons. The Balaban J connectivity index is 1.42. The molecule has 1 aliphatic heterocycles. The highest BCUT2D eigenvalue weighted by atomic mass is 19.4. The van der Waals surface area contributed by atoms with Crippen molar-refractivity contribution < 1.29 is 27.5 Å². The van der Waals surface area contributed by atoms with Gasteiger partial charge in [-0.1, -0.05) is 12.8 Å². The molecule has 13 heteroatoms. The van der Waals surface area contributed by atoms with Gasteiger partial charge in [-0.15, -0.1) is 0 Å². The van der Waals surface area contributed by atoms with Crippen molar-refractivity contribution in [3.8, 4) is 17.1 Å². The maximum Gasteiger partial charge on any atom is 0.418 e. The van der Waals surface area contributed by atoms with E-state index in [1.165, 1.54) is 19.4 Å². The largest absolute Gasteiger partial charge is 0.480 e. The molecule has 4 heterocycles. The molecule has 3 N–H and O–H groups in total. The number of nitrogens with zero attached hydrogens (tertiary/aromatic N) is 5. The number of hydrogen-bond acceptors (Lipinski definition) is 7. The highest BCUT2D eigenvalue weighted by Crippen LogP contribution is 2.39. The van der Waals surface area contributed by atoms with Crippen LogP contribution >= 0.6 is 0 Å². The quantitative estimate of drug-likeness (QED) is 0.533. The van der Waals surface area contributed by atoms with Gasteiger partial charge in [-0.25, -0.2) is 14.5 Å². The van der Waals surface area contributed by atoms with Crippen molar-refractivity contribution in [1.82, 2.24) is 29.8 Å². The number of methoxy groups -OCH3 is 1. The second kappa shape index (κ2) is 9.52. The average Bonchev–Trinajstić information content (AvgIpc) is 3.63. The lowest BCUT2D eigenvalue weighted by Gasteiger charge is -2.21. The number of rotatable bonds is 5. The molecule has 1 saturated carbocycles. The Morgan fingerprint density at radius 1 is 1.16 bits per heavy atom. The molecule has 3 aromatic heterocycles. The van der Waals surface area contributed by atoms with Gasteiger partial charge in [-0.3, -0.25) is 9.59 Å². The van der Waals surface area contributed by atoms with Gasteiger partial charge in [0, 0.05) is 36.8 Å². The zero-order valence-electron chi connectivity index (χ0n) is 20.1. The molecule has 5 rings (SSSR count). The van der Waals surface area contributed by atoms with E-state index in [0.29, 0.717) is 19.5 Å². The van der Waals surface area contributed by atoms with Crippen molar-refractivity contribution in [3.05, 3.63) is 35.8 Å². The fourth-order valence-corrected chi connectivity index (χ4v) is 5.18. The number of aromatic nitrogens is 4. The zero-order chi connectivity index (χ0) is 26.3. The van der Waals surface area contributed by atoms with E-state index < -0.39 is 17.6 Å². The second-order valence-electron chi connectivity index (χ2n) is 9.35. The maximum absolute atomic E-state index is 13.7. The van der Waals surface area contributed by atoms with Crippen LogP contribution < -0.4 is 15.8 Å². The summed E-state index contributed by atoms with van der Waals surface area (Å²) >= 11 is 0. The van der Waals surface area contributed by atoms with Crippen molar-refractivity contribution in [2.75, 3.05) is 25.9 Å². The molecule has 2 amide bonds. The molecule has 0 unspecified atom stereocenters. The first kappa shape index (κ1) is 24.8. The molecule has 10 nitrogen and oxygen atoms in total. The number of hydrogen-bond donors (Lipinski definition) is 2. The maximum atomic E-state index is 13.7. The van der Waals surface area contributed by atoms with Crippen molar-refractivity contribution in [1.29, 1.82) is 0 Å². The lowest BCUT2D eigenvalue weighted by atomic mass is 10.1. The minimum Gasteiger partial charge on any atom is -0.480 e. The number of amides is 2. The minimum atomic E-state index is -4.70. The van der Waals surface area contributed by atoms with Gasteiger partial charge < -0.3 is 20.7 Å². The van der Waals surface area contributed by atoms with Gasteiger partial charge in [-0.2, -0.15) is 18.3 Å². The van der Waals surface area contributed by atoms with Crippen LogP contribution in [0.2, 0.25) is 0 Å². The van der Waals surface area contributed by atoms with E-state index in [1.807, 2.05) is 0 Å². The number of ether oxygens (including phenoxy) is 1. The summed E-state index contributed by atoms with van der Waals surface area (Å²) in [6, 6.07) is 2.04. The fourth-order valence-electron chi connectivity index (χ4n) is 5.18. The highest BCUT2D eigenvalue weighted by Gasteiger charge is 2.37. The second-order valence-corrected chi connectivity index (χ2v) is 9.35. The first-order valence-electron chi connectivity index (χ1n) is 12.0. The number of alkyl halides is 3. The van der Waals surface area contributed by atoms with Crippen molar-refractivity contribution >= 4 is 23.1 Å². The van der Waals surface area contributed by atoms with Crippen molar-refractivity contribution in [2.24, 2.45) is 5.92 Å². The average molecular weight is 518 g/mol. The first-order chi connectivity index (χ1) is 17.7. The molecule has 2 fully saturated rings. The molecular weight excluding hydrogens is 491 g/mol. The number of carbonyl (C=O) groups excluding carboxylic acids is 2. The van der Waals surface area contributed by atoms with E-state index in [0.717, 1.165) is 42.6 Å². The van der Waals surface area contributed by atoms with Crippen LogP contribution in [0.5, 0.6) is 5.88 Å². The van der Waals surface area contributed by atoms with Crippen LogP contribution in [-0.2, 0) is 11.0 Å². The lowest BCUT2D eigenvalue weighted by molar-refractivity contribution is -0.136. The Bertz CT molecular complexity index is 1350. The van der Waals surface area contributed by atoms with Gasteiger partial charge in [0.05, 0.1) is 18.4 Å². The molecule has 1 saturated heterocycles. The van der Waals surface area contributed by atoms with E-state index in [-0.39, 0.29) is 51.9 Å². The number of nitrogen functional groups attached to an aromatic ring is 1. The number of pyridine rings is 1. The van der Waals surface area contributed by atoms with Gasteiger partial charge in [0.15, 0.2) is 5.82 Å². The minimum absolute atomic E-state index is 0.0178. The summed E-state index contributed by atoms with van der Waals surface area (Å²) in [7, 11) is 1.35. The molecule has 196 valence electrons. The summed E-state index contributed by atoms with van der Waals surface area (Å²) in [6.07, 6.45) is 2.19. The molecular formula is C24H26F3N7O3. The van der Waals surface area contributed by atoms with Crippen LogP contribution in [0.4, 0.5) is 19.0 Å². The Morgan fingerprint density at radius 2 is 1.92 bits per heavy atom. The third-order valence-corrected chi connectivity index (χ3v) is 7.01. The Hall–Kier alpha value is -3.90. The Kier molecular flexibility index (Phi) is 6.38. The molecule has 3 aromatic rings. The van der Waals surface area contributed by atoms with E-state index in [4.69, 9.17) is 10.5 Å². The number of halogens is 3. The smallest absolute Gasteiger partial charge is 0.418 e. The molecule has 2 aliphatic rings. The van der Waals surface area contributed by atoms with Gasteiger partial charge in [0.2, 0.25) is 11.8 Å². The third kappa shape index (κ3) is 4.65. The van der Waals surface area contributed by atoms with Crippen molar-refractivity contribution in [2.45, 2.75) is 44.3 Å². The molecule has 1 aliphatic carbocycles. The van der Waals surface area contributed by atoms with Crippen LogP contribution in [0.25, 0.3) is 16.8 Å². The van der Waals surface area contributed by atoms with Crippen LogP contribution in [0.3, 0.4) is 0 Å². The molecule has 0 aromatic carbocycles. The number of fused-ring (bicyclic) bond motifs is 1. The Morgan fingerprint density at radius 3 is 2.62 bits per heavy atom. The molecule has 1 atom stereocenters. The summed E-state index contributed by atoms with van der Waals surface area (Å²) in [5.74, 6) is -0.614. The summed E-state index contributed by atoms with van der Waals surface area (Å²) in [5, 5.41) is 6.85. The summed E-state index contributed by atoms with van der Waals surface area (Å²) in [5.41, 5.74) is 4.64. The lowest BCUT2D eigenvalue weighted by Crippen LogP contribution is -2.40. The summed E-state index contributed by atoms with van der Waals surface area (Å²) in [6.45, 7) is 0.970. The predicted octanol–water partition coefficient (Wildman–Crippen LogP) is 2.92. The number of nitrogens with one attached hydrogen (secondary N) is 1. The molecule has 0 spiro atoms. The first-order valence-corrected chi connectivity index (χ1v) is 12.0. The van der Waals surface area contributed by atoms with Gasteiger partial charge in [-0.05, 0) is 31.4 Å². The van der Waals surface area contributed by atoms with Gasteiger partial charge >= 0.3 is 6.18 Å². The van der Waals surface area contributed by atoms with Crippen molar-refractivity contribution in [3.63, 3.8) is 0 Å². The SMILES string of the molecule is COc1ncc(-c2cc(C(F)(F)F)c3c(N)ncnn23)cc1C(=O)N[C@H]1CCN(C(=O)C2CCCC2)C1. The van der Waals surface area contributed by atoms with E-state index in [2.05, 4.69) is 20.4 Å². The third-order valence-electron chi connectivity index (χ3n) is 7.01. The van der Waals surface area contributed by atoms with Crippen LogP contribution in [0.15, 0.2) is 24.7 Å². The van der Waals surface area contributed by atoms with E-state index >= 15 is 0 Å². The van der Waals surface area contributed by atoms with Crippen LogP contribution in [-0.4, -0.2) is 62.5 Å². The highest BCUT2D eigenvalue weighted by molar-refractivity contribution is 5.98. The number of nitrogens with two attached hydrogens (primary N) is 1. The predicted molar refractivity (Wildman–Crippen MR) is 127 cm³/mol. The fraction of sp³-hybridized carbons (Fsp3) is 0.458. The monoisotopic (exact) mass is 517 g/mol. The molecule has 37 heavy (non-hydrogen) atoms.